The number of primary amides is 1. The van der Waals surface area contributed by atoms with Crippen LogP contribution in [-0.2, 0) is 9.59 Å². The minimum Gasteiger partial charge on any atom is -0.493 e. The largest absolute Gasteiger partial charge is 0.493 e. The number of carbonyl (C=O) groups excluding carboxylic acids is 2. The molecule has 1 unspecified atom stereocenters. The third kappa shape index (κ3) is 6.30. The van der Waals surface area contributed by atoms with Crippen molar-refractivity contribution in [3.8, 4) is 5.75 Å². The molecule has 5 N–H and O–H groups in total. The van der Waals surface area contributed by atoms with Gasteiger partial charge in [-0.1, -0.05) is 6.07 Å². The Labute approximate surface area is 112 Å². The van der Waals surface area contributed by atoms with Crippen molar-refractivity contribution in [1.82, 2.24) is 5.32 Å². The lowest BCUT2D eigenvalue weighted by molar-refractivity contribution is -0.122. The van der Waals surface area contributed by atoms with Gasteiger partial charge >= 0.3 is 0 Å². The number of rotatable bonds is 7. The van der Waals surface area contributed by atoms with Gasteiger partial charge in [-0.25, -0.2) is 0 Å². The molecule has 0 aliphatic heterocycles. The van der Waals surface area contributed by atoms with E-state index in [0.717, 1.165) is 0 Å². The zero-order valence-corrected chi connectivity index (χ0v) is 10.9. The van der Waals surface area contributed by atoms with Gasteiger partial charge in [-0.2, -0.15) is 0 Å². The minimum absolute atomic E-state index is 0.127. The number of hydrogen-bond donors (Lipinski definition) is 3. The Bertz CT molecular complexity index is 449. The number of ether oxygens (including phenoxy) is 1. The Morgan fingerprint density at radius 1 is 1.42 bits per heavy atom. The zero-order chi connectivity index (χ0) is 14.3. The van der Waals surface area contributed by atoms with Crippen molar-refractivity contribution in [2.75, 3.05) is 12.3 Å². The third-order valence-corrected chi connectivity index (χ3v) is 2.37. The first-order chi connectivity index (χ1) is 8.97. The fourth-order valence-corrected chi connectivity index (χ4v) is 1.57. The van der Waals surface area contributed by atoms with Crippen LogP contribution in [0.1, 0.15) is 19.8 Å². The average molecular weight is 265 g/mol. The summed E-state index contributed by atoms with van der Waals surface area (Å²) in [5.74, 6) is -0.000511. The van der Waals surface area contributed by atoms with Crippen LogP contribution in [0.5, 0.6) is 5.75 Å². The van der Waals surface area contributed by atoms with Crippen LogP contribution < -0.4 is 21.5 Å². The van der Waals surface area contributed by atoms with Crippen LogP contribution in [-0.4, -0.2) is 24.5 Å². The first-order valence-corrected chi connectivity index (χ1v) is 6.03. The van der Waals surface area contributed by atoms with Gasteiger partial charge < -0.3 is 21.5 Å². The first kappa shape index (κ1) is 14.8. The van der Waals surface area contributed by atoms with Gasteiger partial charge in [-0.15, -0.1) is 0 Å². The molecule has 2 amide bonds. The Morgan fingerprint density at radius 3 is 2.79 bits per heavy atom. The highest BCUT2D eigenvalue weighted by atomic mass is 16.5. The summed E-state index contributed by atoms with van der Waals surface area (Å²) in [6.07, 6.45) is 0.333. The molecule has 0 fully saturated rings. The lowest BCUT2D eigenvalue weighted by atomic mass is 10.2. The molecule has 1 rings (SSSR count). The number of benzene rings is 1. The number of nitrogen functional groups attached to an aromatic ring is 1. The Hall–Kier alpha value is -2.24. The highest BCUT2D eigenvalue weighted by Gasteiger charge is 2.09. The van der Waals surface area contributed by atoms with Gasteiger partial charge in [-0.3, -0.25) is 9.59 Å². The molecule has 19 heavy (non-hydrogen) atoms. The van der Waals surface area contributed by atoms with Crippen LogP contribution in [0.15, 0.2) is 24.3 Å². The van der Waals surface area contributed by atoms with E-state index in [4.69, 9.17) is 16.2 Å². The van der Waals surface area contributed by atoms with Crippen molar-refractivity contribution in [2.24, 2.45) is 5.73 Å². The van der Waals surface area contributed by atoms with Crippen molar-refractivity contribution in [3.05, 3.63) is 24.3 Å². The molecule has 1 aromatic rings. The molecule has 0 radical (unpaired) electrons. The molecule has 0 spiro atoms. The first-order valence-electron chi connectivity index (χ1n) is 6.03. The SMILES string of the molecule is CC(CC(N)=O)NC(=O)CCOc1cccc(N)c1. The maximum atomic E-state index is 11.5. The van der Waals surface area contributed by atoms with Crippen molar-refractivity contribution in [2.45, 2.75) is 25.8 Å². The van der Waals surface area contributed by atoms with E-state index in [0.29, 0.717) is 11.4 Å². The van der Waals surface area contributed by atoms with Crippen LogP contribution in [0.2, 0.25) is 0 Å². The van der Waals surface area contributed by atoms with E-state index in [1.165, 1.54) is 0 Å². The predicted octanol–water partition coefficient (Wildman–Crippen LogP) is 0.418. The lowest BCUT2D eigenvalue weighted by Gasteiger charge is -2.12. The smallest absolute Gasteiger partial charge is 0.223 e. The highest BCUT2D eigenvalue weighted by molar-refractivity contribution is 5.78. The number of anilines is 1. The molecule has 0 aliphatic carbocycles. The molecule has 0 saturated heterocycles. The van der Waals surface area contributed by atoms with Crippen LogP contribution >= 0.6 is 0 Å². The number of nitrogens with two attached hydrogens (primary N) is 2. The molecule has 1 atom stereocenters. The van der Waals surface area contributed by atoms with Crippen molar-refractivity contribution < 1.29 is 14.3 Å². The van der Waals surface area contributed by atoms with E-state index in [1.807, 2.05) is 0 Å². The summed E-state index contributed by atoms with van der Waals surface area (Å²) in [6.45, 7) is 1.97. The number of hydrogen-bond acceptors (Lipinski definition) is 4. The van der Waals surface area contributed by atoms with Crippen LogP contribution in [0.4, 0.5) is 5.69 Å². The number of amides is 2. The molecular formula is C13H19N3O3. The van der Waals surface area contributed by atoms with E-state index < -0.39 is 5.91 Å². The van der Waals surface area contributed by atoms with Crippen molar-refractivity contribution in [3.63, 3.8) is 0 Å². The molecule has 0 aliphatic rings. The van der Waals surface area contributed by atoms with Crippen LogP contribution in [0, 0.1) is 0 Å². The normalized spacial score (nSPS) is 11.6. The van der Waals surface area contributed by atoms with Crippen molar-refractivity contribution >= 4 is 17.5 Å². The maximum Gasteiger partial charge on any atom is 0.223 e. The fraction of sp³-hybridized carbons (Fsp3) is 0.385. The number of carbonyl (C=O) groups is 2. The van der Waals surface area contributed by atoms with E-state index in [-0.39, 0.29) is 31.4 Å². The van der Waals surface area contributed by atoms with E-state index in [2.05, 4.69) is 5.32 Å². The summed E-state index contributed by atoms with van der Waals surface area (Å²) in [5.41, 5.74) is 11.2. The lowest BCUT2D eigenvalue weighted by Crippen LogP contribution is -2.36. The maximum absolute atomic E-state index is 11.5. The second-order valence-electron chi connectivity index (χ2n) is 4.31. The quantitative estimate of drug-likeness (QED) is 0.621. The van der Waals surface area contributed by atoms with E-state index >= 15 is 0 Å². The van der Waals surface area contributed by atoms with Gasteiger partial charge in [0, 0.05) is 24.2 Å². The fourth-order valence-electron chi connectivity index (χ4n) is 1.57. The summed E-state index contributed by atoms with van der Waals surface area (Å²) in [7, 11) is 0. The van der Waals surface area contributed by atoms with Crippen LogP contribution in [0.3, 0.4) is 0 Å². The second-order valence-corrected chi connectivity index (χ2v) is 4.31. The van der Waals surface area contributed by atoms with Gasteiger partial charge in [0.15, 0.2) is 0 Å². The van der Waals surface area contributed by atoms with Gasteiger partial charge in [0.05, 0.1) is 13.0 Å². The zero-order valence-electron chi connectivity index (χ0n) is 10.9. The summed E-state index contributed by atoms with van der Waals surface area (Å²) in [5, 5.41) is 2.66. The summed E-state index contributed by atoms with van der Waals surface area (Å²) in [6, 6.07) is 6.72. The average Bonchev–Trinajstić information content (AvgIpc) is 2.27. The van der Waals surface area contributed by atoms with E-state index in [1.54, 1.807) is 31.2 Å². The molecular weight excluding hydrogens is 246 g/mol. The van der Waals surface area contributed by atoms with Gasteiger partial charge in [0.1, 0.15) is 5.75 Å². The molecule has 6 nitrogen and oxygen atoms in total. The Kier molecular flexibility index (Phi) is 5.66. The topological polar surface area (TPSA) is 107 Å². The highest BCUT2D eigenvalue weighted by Crippen LogP contribution is 2.14. The summed E-state index contributed by atoms with van der Waals surface area (Å²) in [4.78, 5) is 22.2. The van der Waals surface area contributed by atoms with Gasteiger partial charge in [-0.05, 0) is 19.1 Å². The third-order valence-electron chi connectivity index (χ3n) is 2.37. The standard InChI is InChI=1S/C13H19N3O3/c1-9(7-12(15)17)16-13(18)5-6-19-11-4-2-3-10(14)8-11/h2-4,8-9H,5-7,14H2,1H3,(H2,15,17)(H,16,18). The molecule has 0 heterocycles. The molecule has 6 heteroatoms. The Balaban J connectivity index is 2.25. The second kappa shape index (κ2) is 7.25. The molecule has 0 aromatic heterocycles. The number of nitrogens with one attached hydrogen (secondary N) is 1. The molecule has 0 saturated carbocycles. The monoisotopic (exact) mass is 265 g/mol. The summed E-state index contributed by atoms with van der Waals surface area (Å²) >= 11 is 0. The van der Waals surface area contributed by atoms with Crippen LogP contribution in [0.25, 0.3) is 0 Å². The molecule has 0 bridgehead atoms. The van der Waals surface area contributed by atoms with Gasteiger partial charge in [0.25, 0.3) is 0 Å². The molecule has 1 aromatic carbocycles. The van der Waals surface area contributed by atoms with Crippen molar-refractivity contribution in [1.29, 1.82) is 0 Å². The molecule has 104 valence electrons. The Morgan fingerprint density at radius 2 is 2.16 bits per heavy atom. The summed E-state index contributed by atoms with van der Waals surface area (Å²) < 4.78 is 5.39. The van der Waals surface area contributed by atoms with E-state index in [9.17, 15) is 9.59 Å². The van der Waals surface area contributed by atoms with Gasteiger partial charge in [0.2, 0.25) is 11.8 Å². The minimum atomic E-state index is -0.441. The predicted molar refractivity (Wildman–Crippen MR) is 72.4 cm³/mol.